The maximum absolute atomic E-state index is 12.8. The molecular weight excluding hydrogens is 399 g/mol. The Balaban J connectivity index is 2.12. The smallest absolute Gasteiger partial charge is 0.416 e. The zero-order valence-electron chi connectivity index (χ0n) is 16.9. The number of halogens is 3. The molecule has 0 unspecified atom stereocenters. The van der Waals surface area contributed by atoms with Gasteiger partial charge in [0.1, 0.15) is 6.61 Å². The molecule has 29 heavy (non-hydrogen) atoms. The molecule has 0 atom stereocenters. The van der Waals surface area contributed by atoms with Gasteiger partial charge in [0.15, 0.2) is 0 Å². The number of hydrogen-bond acceptors (Lipinski definition) is 3. The van der Waals surface area contributed by atoms with Gasteiger partial charge in [-0.2, -0.15) is 13.2 Å². The number of thiocarbonyl (C=S) groups is 1. The molecule has 0 heterocycles. The zero-order valence-corrected chi connectivity index (χ0v) is 17.7. The molecule has 0 N–H and O–H groups in total. The Kier molecular flexibility index (Phi) is 7.41. The number of esters is 1. The summed E-state index contributed by atoms with van der Waals surface area (Å²) in [5.41, 5.74) is 2.59. The Labute approximate surface area is 174 Å². The van der Waals surface area contributed by atoms with Crippen molar-refractivity contribution in [2.45, 2.75) is 40.0 Å². The molecule has 2 rings (SSSR count). The summed E-state index contributed by atoms with van der Waals surface area (Å²) in [7, 11) is 1.93. The second kappa shape index (κ2) is 9.39. The number of aryl methyl sites for hydroxylation is 2. The van der Waals surface area contributed by atoms with E-state index in [1.807, 2.05) is 31.9 Å². The Morgan fingerprint density at radius 1 is 1.14 bits per heavy atom. The monoisotopic (exact) mass is 423 g/mol. The highest BCUT2D eigenvalue weighted by molar-refractivity contribution is 7.80. The van der Waals surface area contributed by atoms with Crippen LogP contribution < -0.4 is 0 Å². The second-order valence-corrected chi connectivity index (χ2v) is 7.42. The normalized spacial score (nSPS) is 11.3. The van der Waals surface area contributed by atoms with E-state index in [0.29, 0.717) is 12.0 Å². The van der Waals surface area contributed by atoms with Crippen LogP contribution in [0.15, 0.2) is 36.4 Å². The van der Waals surface area contributed by atoms with Crippen molar-refractivity contribution >= 4 is 23.2 Å². The number of benzene rings is 2. The number of ether oxygens (including phenoxy) is 1. The molecular formula is C22H24F3NO2S. The number of alkyl halides is 3. The van der Waals surface area contributed by atoms with Crippen LogP contribution in [0.25, 0.3) is 0 Å². The molecule has 0 saturated carbocycles. The van der Waals surface area contributed by atoms with Crippen molar-refractivity contribution in [2.24, 2.45) is 0 Å². The molecule has 2 aromatic carbocycles. The van der Waals surface area contributed by atoms with Crippen LogP contribution in [-0.2, 0) is 23.9 Å². The second-order valence-electron chi connectivity index (χ2n) is 6.95. The molecule has 0 aliphatic heterocycles. The predicted octanol–water partition coefficient (Wildman–Crippen LogP) is 5.50. The van der Waals surface area contributed by atoms with Crippen molar-refractivity contribution in [3.05, 3.63) is 69.8 Å². The molecule has 0 aliphatic rings. The minimum atomic E-state index is -4.43. The number of likely N-dealkylation sites (N-methyl/N-ethyl adjacent to an activating group) is 1. The van der Waals surface area contributed by atoms with Gasteiger partial charge in [-0.25, -0.2) is 4.79 Å². The molecule has 2 aromatic rings. The minimum Gasteiger partial charge on any atom is -0.457 e. The van der Waals surface area contributed by atoms with Gasteiger partial charge in [-0.1, -0.05) is 30.4 Å². The van der Waals surface area contributed by atoms with Crippen LogP contribution >= 0.6 is 12.2 Å². The summed E-state index contributed by atoms with van der Waals surface area (Å²) < 4.78 is 43.7. The van der Waals surface area contributed by atoms with Crippen molar-refractivity contribution in [1.29, 1.82) is 0 Å². The third-order valence-electron chi connectivity index (χ3n) is 4.77. The van der Waals surface area contributed by atoms with Gasteiger partial charge in [-0.05, 0) is 61.2 Å². The van der Waals surface area contributed by atoms with Crippen LogP contribution in [0.3, 0.4) is 0 Å². The fourth-order valence-electron chi connectivity index (χ4n) is 2.82. The summed E-state index contributed by atoms with van der Waals surface area (Å²) in [5.74, 6) is -0.567. The number of hydrogen-bond donors (Lipinski definition) is 0. The largest absolute Gasteiger partial charge is 0.457 e. The first kappa shape index (κ1) is 22.9. The quantitative estimate of drug-likeness (QED) is 0.453. The van der Waals surface area contributed by atoms with Gasteiger partial charge >= 0.3 is 12.1 Å². The third kappa shape index (κ3) is 6.03. The van der Waals surface area contributed by atoms with Gasteiger partial charge in [0, 0.05) is 20.0 Å². The highest BCUT2D eigenvalue weighted by atomic mass is 32.1. The van der Waals surface area contributed by atoms with Gasteiger partial charge in [-0.3, -0.25) is 0 Å². The molecule has 0 bridgehead atoms. The molecule has 0 aliphatic carbocycles. The standard InChI is InChI=1S/C22H24F3NO2S/c1-5-26(4)20(29)12-17-9-15(3)19(10-14(17)2)21(27)28-13-16-7-6-8-18(11-16)22(23,24)25/h6-11H,5,12-13H2,1-4H3. The molecule has 7 heteroatoms. The number of nitrogens with zero attached hydrogens (tertiary/aromatic N) is 1. The van der Waals surface area contributed by atoms with Crippen LogP contribution in [-0.4, -0.2) is 29.5 Å². The lowest BCUT2D eigenvalue weighted by molar-refractivity contribution is -0.137. The molecule has 156 valence electrons. The molecule has 0 fully saturated rings. The molecule has 0 saturated heterocycles. The summed E-state index contributed by atoms with van der Waals surface area (Å²) in [6, 6.07) is 8.42. The van der Waals surface area contributed by atoms with Crippen LogP contribution in [0.4, 0.5) is 13.2 Å². The zero-order chi connectivity index (χ0) is 21.8. The average molecular weight is 424 g/mol. The number of rotatable bonds is 6. The van der Waals surface area contributed by atoms with E-state index in [2.05, 4.69) is 0 Å². The Hall–Kier alpha value is -2.41. The SMILES string of the molecule is CCN(C)C(=S)Cc1cc(C)c(C(=O)OCc2cccc(C(F)(F)F)c2)cc1C. The number of carbonyl (C=O) groups excluding carboxylic acids is 1. The van der Waals surface area contributed by atoms with Gasteiger partial charge in [-0.15, -0.1) is 0 Å². The average Bonchev–Trinajstić information content (AvgIpc) is 2.67. The van der Waals surface area contributed by atoms with Crippen LogP contribution in [0.5, 0.6) is 0 Å². The van der Waals surface area contributed by atoms with Gasteiger partial charge in [0.05, 0.1) is 16.1 Å². The van der Waals surface area contributed by atoms with E-state index < -0.39 is 17.7 Å². The van der Waals surface area contributed by atoms with Gasteiger partial charge < -0.3 is 9.64 Å². The Morgan fingerprint density at radius 2 is 1.83 bits per heavy atom. The van der Waals surface area contributed by atoms with E-state index in [0.717, 1.165) is 40.4 Å². The highest BCUT2D eigenvalue weighted by Crippen LogP contribution is 2.29. The maximum atomic E-state index is 12.8. The summed E-state index contributed by atoms with van der Waals surface area (Å²) >= 11 is 5.43. The first-order chi connectivity index (χ1) is 13.5. The van der Waals surface area contributed by atoms with E-state index in [1.165, 1.54) is 12.1 Å². The molecule has 0 amide bonds. The van der Waals surface area contributed by atoms with Crippen LogP contribution in [0, 0.1) is 13.8 Å². The molecule has 3 nitrogen and oxygen atoms in total. The van der Waals surface area contributed by atoms with E-state index in [4.69, 9.17) is 17.0 Å². The predicted molar refractivity (Wildman–Crippen MR) is 111 cm³/mol. The topological polar surface area (TPSA) is 29.5 Å². The molecule has 0 spiro atoms. The van der Waals surface area contributed by atoms with E-state index in [-0.39, 0.29) is 12.2 Å². The summed E-state index contributed by atoms with van der Waals surface area (Å²) in [6.07, 6.45) is -3.83. The summed E-state index contributed by atoms with van der Waals surface area (Å²) in [6.45, 7) is 6.31. The first-order valence-corrected chi connectivity index (χ1v) is 9.61. The van der Waals surface area contributed by atoms with Crippen molar-refractivity contribution in [3.63, 3.8) is 0 Å². The lowest BCUT2D eigenvalue weighted by Crippen LogP contribution is -2.26. The highest BCUT2D eigenvalue weighted by Gasteiger charge is 2.30. The maximum Gasteiger partial charge on any atom is 0.416 e. The minimum absolute atomic E-state index is 0.228. The third-order valence-corrected chi connectivity index (χ3v) is 5.22. The van der Waals surface area contributed by atoms with Crippen molar-refractivity contribution in [2.75, 3.05) is 13.6 Å². The molecule has 0 aromatic heterocycles. The van der Waals surface area contributed by atoms with E-state index in [9.17, 15) is 18.0 Å². The fraction of sp³-hybridized carbons (Fsp3) is 0.364. The lowest BCUT2D eigenvalue weighted by atomic mass is 9.98. The van der Waals surface area contributed by atoms with Crippen molar-refractivity contribution < 1.29 is 22.7 Å². The summed E-state index contributed by atoms with van der Waals surface area (Å²) in [5, 5.41) is 0. The summed E-state index contributed by atoms with van der Waals surface area (Å²) in [4.78, 5) is 15.3. The molecule has 0 radical (unpaired) electrons. The van der Waals surface area contributed by atoms with Crippen molar-refractivity contribution in [3.8, 4) is 0 Å². The van der Waals surface area contributed by atoms with E-state index >= 15 is 0 Å². The van der Waals surface area contributed by atoms with Gasteiger partial charge in [0.25, 0.3) is 0 Å². The first-order valence-electron chi connectivity index (χ1n) is 9.20. The van der Waals surface area contributed by atoms with Crippen molar-refractivity contribution in [1.82, 2.24) is 4.90 Å². The Morgan fingerprint density at radius 3 is 2.45 bits per heavy atom. The van der Waals surface area contributed by atoms with E-state index in [1.54, 1.807) is 13.0 Å². The van der Waals surface area contributed by atoms with Crippen LogP contribution in [0.1, 0.15) is 45.1 Å². The Bertz CT molecular complexity index is 909. The van der Waals surface area contributed by atoms with Gasteiger partial charge in [0.2, 0.25) is 0 Å². The lowest BCUT2D eigenvalue weighted by Gasteiger charge is -2.19. The number of carbonyl (C=O) groups is 1. The fourth-order valence-corrected chi connectivity index (χ4v) is 3.11. The van der Waals surface area contributed by atoms with Crippen LogP contribution in [0.2, 0.25) is 0 Å².